The van der Waals surface area contributed by atoms with Crippen LogP contribution in [-0.2, 0) is 6.54 Å². The van der Waals surface area contributed by atoms with Crippen molar-refractivity contribution < 1.29 is 13.9 Å². The smallest absolute Gasteiger partial charge is 0.169 e. The van der Waals surface area contributed by atoms with E-state index in [1.807, 2.05) is 25.1 Å². The van der Waals surface area contributed by atoms with Gasteiger partial charge in [-0.2, -0.15) is 0 Å². The zero-order chi connectivity index (χ0) is 14.4. The highest BCUT2D eigenvalue weighted by molar-refractivity contribution is 5.43. The van der Waals surface area contributed by atoms with E-state index in [2.05, 4.69) is 0 Å². The van der Waals surface area contributed by atoms with Crippen molar-refractivity contribution in [1.82, 2.24) is 0 Å². The van der Waals surface area contributed by atoms with Gasteiger partial charge in [0.1, 0.15) is 11.6 Å². The third-order valence-electron chi connectivity index (χ3n) is 2.71. The Morgan fingerprint density at radius 2 is 1.85 bits per heavy atom. The first-order valence-electron chi connectivity index (χ1n) is 6.62. The van der Waals surface area contributed by atoms with Crippen LogP contribution in [0.2, 0.25) is 0 Å². The predicted octanol–water partition coefficient (Wildman–Crippen LogP) is 3.87. The number of rotatable bonds is 6. The highest BCUT2D eigenvalue weighted by Gasteiger charge is 2.07. The Labute approximate surface area is 118 Å². The summed E-state index contributed by atoms with van der Waals surface area (Å²) in [4.78, 5) is 0. The Hall–Kier alpha value is -2.07. The molecule has 0 spiro atoms. The van der Waals surface area contributed by atoms with Crippen LogP contribution < -0.4 is 15.2 Å². The lowest BCUT2D eigenvalue weighted by Crippen LogP contribution is -1.99. The maximum absolute atomic E-state index is 13.5. The molecule has 0 radical (unpaired) electrons. The van der Waals surface area contributed by atoms with Gasteiger partial charge in [0.15, 0.2) is 11.5 Å². The molecule has 4 heteroatoms. The summed E-state index contributed by atoms with van der Waals surface area (Å²) in [6.45, 7) is 2.91. The molecule has 2 rings (SSSR count). The van der Waals surface area contributed by atoms with Gasteiger partial charge < -0.3 is 15.2 Å². The van der Waals surface area contributed by atoms with E-state index >= 15 is 0 Å². The number of para-hydroxylation sites is 2. The normalized spacial score (nSPS) is 10.3. The van der Waals surface area contributed by atoms with Gasteiger partial charge in [0.25, 0.3) is 0 Å². The lowest BCUT2D eigenvalue weighted by molar-refractivity contribution is 0.302. The Kier molecular flexibility index (Phi) is 4.96. The summed E-state index contributed by atoms with van der Waals surface area (Å²) < 4.78 is 24.8. The summed E-state index contributed by atoms with van der Waals surface area (Å²) in [7, 11) is 0. The molecule has 0 aromatic heterocycles. The molecular weight excluding hydrogens is 257 g/mol. The standard InChI is InChI=1S/C16H18FNO2/c1-2-7-19-15-5-3-4-6-16(15)20-14-9-12(11-18)8-13(17)10-14/h3-6,8-10H,2,7,11,18H2,1H3. The molecule has 0 saturated carbocycles. The number of benzene rings is 2. The molecule has 0 bridgehead atoms. The Balaban J connectivity index is 2.23. The monoisotopic (exact) mass is 275 g/mol. The van der Waals surface area contributed by atoms with Gasteiger partial charge in [-0.1, -0.05) is 19.1 Å². The number of hydrogen-bond acceptors (Lipinski definition) is 3. The van der Waals surface area contributed by atoms with Gasteiger partial charge in [0.05, 0.1) is 6.61 Å². The quantitative estimate of drug-likeness (QED) is 0.870. The molecule has 2 aromatic rings. The maximum Gasteiger partial charge on any atom is 0.169 e. The van der Waals surface area contributed by atoms with Crippen molar-refractivity contribution in [2.75, 3.05) is 6.61 Å². The Morgan fingerprint density at radius 3 is 2.55 bits per heavy atom. The molecular formula is C16H18FNO2. The van der Waals surface area contributed by atoms with E-state index in [1.54, 1.807) is 12.1 Å². The molecule has 3 nitrogen and oxygen atoms in total. The number of hydrogen-bond donors (Lipinski definition) is 1. The summed E-state index contributed by atoms with van der Waals surface area (Å²) in [5, 5.41) is 0. The van der Waals surface area contributed by atoms with E-state index in [-0.39, 0.29) is 12.4 Å². The molecule has 0 atom stereocenters. The minimum absolute atomic E-state index is 0.266. The van der Waals surface area contributed by atoms with Crippen molar-refractivity contribution in [2.45, 2.75) is 19.9 Å². The van der Waals surface area contributed by atoms with Crippen LogP contribution >= 0.6 is 0 Å². The van der Waals surface area contributed by atoms with Gasteiger partial charge in [-0.15, -0.1) is 0 Å². The van der Waals surface area contributed by atoms with Crippen molar-refractivity contribution in [3.63, 3.8) is 0 Å². The molecule has 0 heterocycles. The van der Waals surface area contributed by atoms with Gasteiger partial charge in [-0.3, -0.25) is 0 Å². The van der Waals surface area contributed by atoms with Crippen molar-refractivity contribution in [3.05, 3.63) is 53.8 Å². The van der Waals surface area contributed by atoms with Crippen molar-refractivity contribution in [1.29, 1.82) is 0 Å². The van der Waals surface area contributed by atoms with Gasteiger partial charge in [-0.25, -0.2) is 4.39 Å². The summed E-state index contributed by atoms with van der Waals surface area (Å²) in [5.41, 5.74) is 6.22. The Bertz CT molecular complexity index is 572. The SMILES string of the molecule is CCCOc1ccccc1Oc1cc(F)cc(CN)c1. The predicted molar refractivity (Wildman–Crippen MR) is 76.6 cm³/mol. The van der Waals surface area contributed by atoms with Crippen LogP contribution in [0.4, 0.5) is 4.39 Å². The molecule has 0 unspecified atom stereocenters. The van der Waals surface area contributed by atoms with Crippen molar-refractivity contribution >= 4 is 0 Å². The highest BCUT2D eigenvalue weighted by atomic mass is 19.1. The average Bonchev–Trinajstić information content (AvgIpc) is 2.45. The minimum atomic E-state index is -0.366. The molecule has 0 fully saturated rings. The first-order valence-corrected chi connectivity index (χ1v) is 6.62. The Morgan fingerprint density at radius 1 is 1.10 bits per heavy atom. The third-order valence-corrected chi connectivity index (χ3v) is 2.71. The van der Waals surface area contributed by atoms with Crippen LogP contribution in [0.25, 0.3) is 0 Å². The third kappa shape index (κ3) is 3.71. The maximum atomic E-state index is 13.5. The fourth-order valence-electron chi connectivity index (χ4n) is 1.79. The molecule has 0 aliphatic carbocycles. The second kappa shape index (κ2) is 6.91. The van der Waals surface area contributed by atoms with Crippen LogP contribution in [0, 0.1) is 5.82 Å². The second-order valence-corrected chi connectivity index (χ2v) is 4.40. The zero-order valence-corrected chi connectivity index (χ0v) is 11.4. The summed E-state index contributed by atoms with van der Waals surface area (Å²) in [5.74, 6) is 1.26. The molecule has 0 amide bonds. The van der Waals surface area contributed by atoms with E-state index in [0.29, 0.717) is 29.4 Å². The largest absolute Gasteiger partial charge is 0.490 e. The van der Waals surface area contributed by atoms with Gasteiger partial charge >= 0.3 is 0 Å². The van der Waals surface area contributed by atoms with Crippen LogP contribution in [-0.4, -0.2) is 6.61 Å². The lowest BCUT2D eigenvalue weighted by atomic mass is 10.2. The number of ether oxygens (including phenoxy) is 2. The van der Waals surface area contributed by atoms with E-state index in [0.717, 1.165) is 6.42 Å². The molecule has 0 aliphatic rings. The summed E-state index contributed by atoms with van der Waals surface area (Å²) >= 11 is 0. The molecule has 2 N–H and O–H groups in total. The second-order valence-electron chi connectivity index (χ2n) is 4.40. The van der Waals surface area contributed by atoms with Gasteiger partial charge in [0, 0.05) is 12.6 Å². The van der Waals surface area contributed by atoms with Crippen LogP contribution in [0.5, 0.6) is 17.2 Å². The fraction of sp³-hybridized carbons (Fsp3) is 0.250. The van der Waals surface area contributed by atoms with E-state index in [4.69, 9.17) is 15.2 Å². The lowest BCUT2D eigenvalue weighted by Gasteiger charge is -2.12. The van der Waals surface area contributed by atoms with Gasteiger partial charge in [0.2, 0.25) is 0 Å². The molecule has 0 saturated heterocycles. The number of halogens is 1. The molecule has 20 heavy (non-hydrogen) atoms. The minimum Gasteiger partial charge on any atom is -0.490 e. The summed E-state index contributed by atoms with van der Waals surface area (Å²) in [6.07, 6.45) is 0.908. The topological polar surface area (TPSA) is 44.5 Å². The van der Waals surface area contributed by atoms with Crippen molar-refractivity contribution in [3.8, 4) is 17.2 Å². The van der Waals surface area contributed by atoms with Crippen molar-refractivity contribution in [2.24, 2.45) is 5.73 Å². The average molecular weight is 275 g/mol. The van der Waals surface area contributed by atoms with Crippen LogP contribution in [0.15, 0.2) is 42.5 Å². The summed E-state index contributed by atoms with van der Waals surface area (Å²) in [6, 6.07) is 11.8. The van der Waals surface area contributed by atoms with E-state index < -0.39 is 0 Å². The van der Waals surface area contributed by atoms with Crippen LogP contribution in [0.1, 0.15) is 18.9 Å². The first kappa shape index (κ1) is 14.3. The van der Waals surface area contributed by atoms with Gasteiger partial charge in [-0.05, 0) is 36.2 Å². The van der Waals surface area contributed by atoms with Crippen LogP contribution in [0.3, 0.4) is 0 Å². The molecule has 106 valence electrons. The van der Waals surface area contributed by atoms with E-state index in [9.17, 15) is 4.39 Å². The fourth-order valence-corrected chi connectivity index (χ4v) is 1.79. The first-order chi connectivity index (χ1) is 9.72. The highest BCUT2D eigenvalue weighted by Crippen LogP contribution is 2.32. The van der Waals surface area contributed by atoms with E-state index in [1.165, 1.54) is 12.1 Å². The molecule has 2 aromatic carbocycles. The zero-order valence-electron chi connectivity index (χ0n) is 11.4. The molecule has 0 aliphatic heterocycles. The number of nitrogens with two attached hydrogens (primary N) is 1.